The standard InChI is InChI=1S/C17H37N7O3/c18-9-7-12-20-10-5-6-13-27-17(26)23-15-22-16(25)8-3-1-2-4-11-21-14-24-19/h14,20H,1-13,15,18-19H2,(H,21,24)(H,22,25)(H,23,26). The molecule has 0 aliphatic rings. The Morgan fingerprint density at radius 1 is 0.926 bits per heavy atom. The number of amides is 2. The summed E-state index contributed by atoms with van der Waals surface area (Å²) in [4.78, 5) is 23.1. The minimum Gasteiger partial charge on any atom is -0.450 e. The molecule has 27 heavy (non-hydrogen) atoms. The minimum absolute atomic E-state index is 0.0766. The fourth-order valence-electron chi connectivity index (χ4n) is 2.21. The van der Waals surface area contributed by atoms with Crippen LogP contribution in [0.5, 0.6) is 0 Å². The van der Waals surface area contributed by atoms with Crippen molar-refractivity contribution < 1.29 is 14.3 Å². The molecule has 0 atom stereocenters. The third-order valence-electron chi connectivity index (χ3n) is 3.70. The topological polar surface area (TPSA) is 156 Å². The number of carbonyl (C=O) groups excluding carboxylic acids is 2. The Labute approximate surface area is 162 Å². The Kier molecular flexibility index (Phi) is 18.7. The number of carbonyl (C=O) groups is 2. The summed E-state index contributed by atoms with van der Waals surface area (Å²) in [6.45, 7) is 3.77. The van der Waals surface area contributed by atoms with Gasteiger partial charge in [0, 0.05) is 13.0 Å². The second-order valence-corrected chi connectivity index (χ2v) is 6.09. The molecule has 0 spiro atoms. The Hall–Kier alpha value is -2.07. The smallest absolute Gasteiger partial charge is 0.408 e. The van der Waals surface area contributed by atoms with Gasteiger partial charge >= 0.3 is 6.09 Å². The van der Waals surface area contributed by atoms with E-state index in [-0.39, 0.29) is 12.6 Å². The van der Waals surface area contributed by atoms with Crippen LogP contribution in [-0.4, -0.2) is 57.8 Å². The van der Waals surface area contributed by atoms with E-state index in [1.54, 1.807) is 0 Å². The number of nitrogens with two attached hydrogens (primary N) is 2. The molecule has 0 bridgehead atoms. The Morgan fingerprint density at radius 3 is 2.44 bits per heavy atom. The van der Waals surface area contributed by atoms with Gasteiger partial charge in [-0.15, -0.1) is 0 Å². The largest absolute Gasteiger partial charge is 0.450 e. The van der Waals surface area contributed by atoms with Crippen LogP contribution in [0.3, 0.4) is 0 Å². The molecular formula is C17H37N7O3. The average Bonchev–Trinajstić information content (AvgIpc) is 2.66. The van der Waals surface area contributed by atoms with E-state index in [1.807, 2.05) is 0 Å². The zero-order valence-electron chi connectivity index (χ0n) is 16.3. The summed E-state index contributed by atoms with van der Waals surface area (Å²) in [5.41, 5.74) is 5.40. The molecule has 0 saturated heterocycles. The van der Waals surface area contributed by atoms with Crippen LogP contribution in [-0.2, 0) is 9.53 Å². The molecule has 0 unspecified atom stereocenters. The molecule has 0 aliphatic heterocycles. The van der Waals surface area contributed by atoms with Crippen LogP contribution in [0, 0.1) is 0 Å². The number of hydrogen-bond acceptors (Lipinski definition) is 7. The van der Waals surface area contributed by atoms with Gasteiger partial charge in [0.25, 0.3) is 0 Å². The molecule has 0 fully saturated rings. The van der Waals surface area contributed by atoms with Crippen LogP contribution < -0.4 is 32.8 Å². The van der Waals surface area contributed by atoms with Gasteiger partial charge < -0.3 is 37.6 Å². The summed E-state index contributed by atoms with van der Waals surface area (Å²) in [5.74, 6) is 4.88. The maximum Gasteiger partial charge on any atom is 0.408 e. The third kappa shape index (κ3) is 20.1. The van der Waals surface area contributed by atoms with Gasteiger partial charge in [0.15, 0.2) is 0 Å². The van der Waals surface area contributed by atoms with Crippen molar-refractivity contribution in [2.24, 2.45) is 16.7 Å². The van der Waals surface area contributed by atoms with Gasteiger partial charge in [0.1, 0.15) is 6.34 Å². The van der Waals surface area contributed by atoms with Gasteiger partial charge in [-0.2, -0.15) is 5.10 Å². The number of nitrogens with zero attached hydrogens (tertiary/aromatic N) is 1. The van der Waals surface area contributed by atoms with Crippen molar-refractivity contribution in [1.82, 2.24) is 21.3 Å². The predicted molar refractivity (Wildman–Crippen MR) is 107 cm³/mol. The van der Waals surface area contributed by atoms with Crippen molar-refractivity contribution in [2.75, 3.05) is 39.5 Å². The fourth-order valence-corrected chi connectivity index (χ4v) is 2.21. The molecule has 0 saturated carbocycles. The highest BCUT2D eigenvalue weighted by molar-refractivity contribution is 5.76. The summed E-state index contributed by atoms with van der Waals surface area (Å²) < 4.78 is 5.03. The van der Waals surface area contributed by atoms with Crippen LogP contribution in [0.2, 0.25) is 0 Å². The summed E-state index contributed by atoms with van der Waals surface area (Å²) in [6.07, 6.45) is 7.93. The monoisotopic (exact) mass is 387 g/mol. The molecule has 2 amide bonds. The molecule has 0 heterocycles. The molecule has 8 N–H and O–H groups in total. The third-order valence-corrected chi connectivity index (χ3v) is 3.70. The Morgan fingerprint density at radius 2 is 1.67 bits per heavy atom. The second-order valence-electron chi connectivity index (χ2n) is 6.09. The number of unbranched alkanes of at least 4 members (excludes halogenated alkanes) is 4. The molecule has 0 aromatic rings. The Bertz CT molecular complexity index is 395. The quantitative estimate of drug-likeness (QED) is 0.0481. The van der Waals surface area contributed by atoms with E-state index in [9.17, 15) is 9.59 Å². The number of hydrazone groups is 1. The van der Waals surface area contributed by atoms with E-state index in [4.69, 9.17) is 16.3 Å². The highest BCUT2D eigenvalue weighted by Gasteiger charge is 2.03. The van der Waals surface area contributed by atoms with Crippen molar-refractivity contribution in [1.29, 1.82) is 0 Å². The molecule has 0 radical (unpaired) electrons. The summed E-state index contributed by atoms with van der Waals surface area (Å²) in [5, 5.41) is 14.7. The summed E-state index contributed by atoms with van der Waals surface area (Å²) >= 11 is 0. The van der Waals surface area contributed by atoms with Crippen LogP contribution in [0.1, 0.15) is 51.4 Å². The van der Waals surface area contributed by atoms with Crippen LogP contribution in [0.15, 0.2) is 5.10 Å². The molecule has 158 valence electrons. The van der Waals surface area contributed by atoms with Crippen LogP contribution >= 0.6 is 0 Å². The molecule has 10 heteroatoms. The normalized spacial score (nSPS) is 10.7. The van der Waals surface area contributed by atoms with E-state index >= 15 is 0 Å². The summed E-state index contributed by atoms with van der Waals surface area (Å²) in [6, 6.07) is 0. The maximum atomic E-state index is 11.6. The number of rotatable bonds is 18. The SMILES string of the molecule is NCCCNCCCCOC(=O)NCNC(=O)CCCCCCNC=NN. The van der Waals surface area contributed by atoms with E-state index < -0.39 is 6.09 Å². The Balaban J connectivity index is 3.34. The molecule has 0 aromatic carbocycles. The van der Waals surface area contributed by atoms with E-state index in [2.05, 4.69) is 26.4 Å². The van der Waals surface area contributed by atoms with Crippen molar-refractivity contribution in [3.63, 3.8) is 0 Å². The lowest BCUT2D eigenvalue weighted by atomic mass is 10.1. The molecular weight excluding hydrogens is 350 g/mol. The zero-order valence-corrected chi connectivity index (χ0v) is 16.3. The van der Waals surface area contributed by atoms with Gasteiger partial charge in [-0.1, -0.05) is 12.8 Å². The highest BCUT2D eigenvalue weighted by Crippen LogP contribution is 2.02. The van der Waals surface area contributed by atoms with Gasteiger partial charge in [-0.25, -0.2) is 4.79 Å². The first-order valence-corrected chi connectivity index (χ1v) is 9.74. The highest BCUT2D eigenvalue weighted by atomic mass is 16.5. The van der Waals surface area contributed by atoms with E-state index in [0.29, 0.717) is 19.6 Å². The zero-order chi connectivity index (χ0) is 20.0. The fraction of sp³-hybridized carbons (Fsp3) is 0.824. The molecule has 0 rings (SSSR count). The molecule has 10 nitrogen and oxygen atoms in total. The molecule has 0 aromatic heterocycles. The first-order chi connectivity index (χ1) is 13.2. The van der Waals surface area contributed by atoms with E-state index in [1.165, 1.54) is 6.34 Å². The number of ether oxygens (including phenoxy) is 1. The summed E-state index contributed by atoms with van der Waals surface area (Å²) in [7, 11) is 0. The average molecular weight is 388 g/mol. The lowest BCUT2D eigenvalue weighted by molar-refractivity contribution is -0.121. The minimum atomic E-state index is -0.514. The van der Waals surface area contributed by atoms with Crippen molar-refractivity contribution in [3.05, 3.63) is 0 Å². The number of alkyl carbamates (subject to hydrolysis) is 1. The van der Waals surface area contributed by atoms with Gasteiger partial charge in [-0.05, 0) is 51.7 Å². The van der Waals surface area contributed by atoms with Crippen molar-refractivity contribution in [2.45, 2.75) is 51.4 Å². The van der Waals surface area contributed by atoms with Gasteiger partial charge in [-0.3, -0.25) is 4.79 Å². The first kappa shape index (κ1) is 24.9. The predicted octanol–water partition coefficient (Wildman–Crippen LogP) is -0.0530. The van der Waals surface area contributed by atoms with Crippen LogP contribution in [0.25, 0.3) is 0 Å². The lowest BCUT2D eigenvalue weighted by Gasteiger charge is -2.09. The molecule has 0 aliphatic carbocycles. The van der Waals surface area contributed by atoms with E-state index in [0.717, 1.165) is 64.6 Å². The second kappa shape index (κ2) is 20.2. The van der Waals surface area contributed by atoms with Gasteiger partial charge in [0.2, 0.25) is 5.91 Å². The maximum absolute atomic E-state index is 11.6. The van der Waals surface area contributed by atoms with Crippen molar-refractivity contribution in [3.8, 4) is 0 Å². The first-order valence-electron chi connectivity index (χ1n) is 9.74. The van der Waals surface area contributed by atoms with Crippen LogP contribution in [0.4, 0.5) is 4.79 Å². The number of hydrogen-bond donors (Lipinski definition) is 6. The van der Waals surface area contributed by atoms with Gasteiger partial charge in [0.05, 0.1) is 13.3 Å². The lowest BCUT2D eigenvalue weighted by Crippen LogP contribution is -2.37. The number of nitrogens with one attached hydrogen (secondary N) is 4. The van der Waals surface area contributed by atoms with Crippen molar-refractivity contribution >= 4 is 18.3 Å².